The molecule has 1 amide bonds. The number of aliphatic hydroxyl groups is 1. The Balaban J connectivity index is 1.74. The first-order valence-corrected chi connectivity index (χ1v) is 15.0. The summed E-state index contributed by atoms with van der Waals surface area (Å²) in [5.41, 5.74) is 7.32. The van der Waals surface area contributed by atoms with E-state index in [1.807, 2.05) is 72.8 Å². The first-order valence-electron chi connectivity index (χ1n) is 14.2. The number of hydrogen-bond donors (Lipinski definition) is 3. The SMILES string of the molecule is COc1cccc([C@@H]2OC(c3ccc(OCCCO)cc3)=N[C@]2(Cc2ccc(Br)cc2)C(=O)NNCCC(C)(C)C)c1. The quantitative estimate of drug-likeness (QED) is 0.162. The van der Waals surface area contributed by atoms with E-state index in [2.05, 4.69) is 47.6 Å². The maximum atomic E-state index is 14.2. The summed E-state index contributed by atoms with van der Waals surface area (Å²) in [7, 11) is 1.61. The fraction of sp³-hybridized carbons (Fsp3) is 0.394. The molecule has 0 saturated heterocycles. The number of nitrogens with zero attached hydrogens (tertiary/aromatic N) is 1. The fourth-order valence-electron chi connectivity index (χ4n) is 4.69. The van der Waals surface area contributed by atoms with Crippen molar-refractivity contribution < 1.29 is 24.1 Å². The molecule has 2 atom stereocenters. The van der Waals surface area contributed by atoms with E-state index in [0.717, 1.165) is 27.6 Å². The predicted molar refractivity (Wildman–Crippen MR) is 168 cm³/mol. The smallest absolute Gasteiger partial charge is 0.266 e. The lowest BCUT2D eigenvalue weighted by Gasteiger charge is -2.31. The molecule has 0 aliphatic carbocycles. The Bertz CT molecular complexity index is 1360. The highest BCUT2D eigenvalue weighted by molar-refractivity contribution is 9.10. The maximum Gasteiger partial charge on any atom is 0.266 e. The van der Waals surface area contributed by atoms with Gasteiger partial charge in [-0.15, -0.1) is 0 Å². The number of benzene rings is 3. The summed E-state index contributed by atoms with van der Waals surface area (Å²) in [5.74, 6) is 1.42. The highest BCUT2D eigenvalue weighted by Crippen LogP contribution is 2.43. The first-order chi connectivity index (χ1) is 20.1. The van der Waals surface area contributed by atoms with Gasteiger partial charge in [0.15, 0.2) is 11.6 Å². The van der Waals surface area contributed by atoms with Crippen LogP contribution < -0.4 is 20.3 Å². The van der Waals surface area contributed by atoms with Crippen LogP contribution in [0.4, 0.5) is 0 Å². The number of halogens is 1. The molecule has 224 valence electrons. The van der Waals surface area contributed by atoms with Gasteiger partial charge >= 0.3 is 0 Å². The van der Waals surface area contributed by atoms with Gasteiger partial charge in [0.2, 0.25) is 5.90 Å². The van der Waals surface area contributed by atoms with Crippen molar-refractivity contribution in [2.45, 2.75) is 51.7 Å². The average Bonchev–Trinajstić information content (AvgIpc) is 3.37. The van der Waals surface area contributed by atoms with Gasteiger partial charge in [-0.3, -0.25) is 10.2 Å². The number of aliphatic imine (C=N–C) groups is 1. The number of amides is 1. The van der Waals surface area contributed by atoms with Crippen molar-refractivity contribution in [3.05, 3.63) is 94.0 Å². The van der Waals surface area contributed by atoms with E-state index in [1.54, 1.807) is 7.11 Å². The van der Waals surface area contributed by atoms with Crippen molar-refractivity contribution in [1.29, 1.82) is 0 Å². The van der Waals surface area contributed by atoms with Crippen LogP contribution in [-0.2, 0) is 16.0 Å². The summed E-state index contributed by atoms with van der Waals surface area (Å²) >= 11 is 3.51. The second-order valence-electron chi connectivity index (χ2n) is 11.6. The normalized spacial score (nSPS) is 18.2. The summed E-state index contributed by atoms with van der Waals surface area (Å²) in [6.07, 6.45) is 1.01. The monoisotopic (exact) mass is 637 g/mol. The van der Waals surface area contributed by atoms with E-state index in [-0.39, 0.29) is 17.9 Å². The molecule has 3 aromatic carbocycles. The van der Waals surface area contributed by atoms with Gasteiger partial charge in [0.1, 0.15) is 11.5 Å². The molecule has 4 rings (SSSR count). The lowest BCUT2D eigenvalue weighted by atomic mass is 9.82. The molecular formula is C33H40BrN3O5. The minimum absolute atomic E-state index is 0.0714. The van der Waals surface area contributed by atoms with Gasteiger partial charge in [-0.05, 0) is 71.5 Å². The van der Waals surface area contributed by atoms with Crippen LogP contribution >= 0.6 is 15.9 Å². The number of nitrogens with one attached hydrogen (secondary N) is 2. The van der Waals surface area contributed by atoms with Crippen molar-refractivity contribution in [1.82, 2.24) is 10.9 Å². The Labute approximate surface area is 256 Å². The molecule has 1 aliphatic heterocycles. The zero-order valence-electron chi connectivity index (χ0n) is 24.7. The molecule has 3 aromatic rings. The Morgan fingerprint density at radius 1 is 1.07 bits per heavy atom. The third kappa shape index (κ3) is 8.12. The number of ether oxygens (including phenoxy) is 3. The van der Waals surface area contributed by atoms with Crippen LogP contribution in [-0.4, -0.2) is 49.3 Å². The topological polar surface area (TPSA) is 101 Å². The Kier molecular flexibility index (Phi) is 10.6. The fourth-order valence-corrected chi connectivity index (χ4v) is 4.95. The number of aliphatic hydroxyl groups excluding tert-OH is 1. The molecular weight excluding hydrogens is 598 g/mol. The van der Waals surface area contributed by atoms with Gasteiger partial charge in [-0.2, -0.15) is 0 Å². The second-order valence-corrected chi connectivity index (χ2v) is 12.5. The molecule has 0 fully saturated rings. The Morgan fingerprint density at radius 3 is 2.48 bits per heavy atom. The zero-order valence-corrected chi connectivity index (χ0v) is 26.2. The van der Waals surface area contributed by atoms with Crippen molar-refractivity contribution in [2.24, 2.45) is 10.4 Å². The molecule has 9 heteroatoms. The molecule has 0 spiro atoms. The van der Waals surface area contributed by atoms with E-state index >= 15 is 0 Å². The van der Waals surface area contributed by atoms with Crippen molar-refractivity contribution >= 4 is 27.7 Å². The highest BCUT2D eigenvalue weighted by atomic mass is 79.9. The molecule has 1 aliphatic rings. The molecule has 0 bridgehead atoms. The predicted octanol–water partition coefficient (Wildman–Crippen LogP) is 5.78. The van der Waals surface area contributed by atoms with Gasteiger partial charge in [0, 0.05) is 36.0 Å². The largest absolute Gasteiger partial charge is 0.497 e. The van der Waals surface area contributed by atoms with Crippen LogP contribution in [0.2, 0.25) is 0 Å². The number of hydrogen-bond acceptors (Lipinski definition) is 7. The summed E-state index contributed by atoms with van der Waals surface area (Å²) in [5, 5.41) is 9.04. The number of carbonyl (C=O) groups excluding carboxylic acids is 1. The van der Waals surface area contributed by atoms with E-state index < -0.39 is 11.6 Å². The van der Waals surface area contributed by atoms with Gasteiger partial charge in [0.25, 0.3) is 5.91 Å². The standard InChI is InChI=1S/C33H40BrN3O5/c1-32(2,3)17-18-35-37-31(39)33(22-23-9-13-26(34)14-10-23)29(25-7-5-8-28(21-25)40-4)42-30(36-33)24-11-15-27(16-12-24)41-20-6-19-38/h5,7-16,21,29,35,38H,6,17-20,22H2,1-4H3,(H,37,39)/t29-,33-/m0/s1. The number of methoxy groups -OCH3 is 1. The lowest BCUT2D eigenvalue weighted by molar-refractivity contribution is -0.130. The molecule has 0 unspecified atom stereocenters. The van der Waals surface area contributed by atoms with Crippen LogP contribution in [0.25, 0.3) is 0 Å². The molecule has 3 N–H and O–H groups in total. The summed E-state index contributed by atoms with van der Waals surface area (Å²) in [6.45, 7) is 7.59. The van der Waals surface area contributed by atoms with Crippen LogP contribution in [0.15, 0.2) is 82.3 Å². The van der Waals surface area contributed by atoms with Gasteiger partial charge < -0.3 is 19.3 Å². The van der Waals surface area contributed by atoms with E-state index in [4.69, 9.17) is 24.3 Å². The van der Waals surface area contributed by atoms with E-state index in [1.165, 1.54) is 0 Å². The zero-order chi connectivity index (χ0) is 30.2. The van der Waals surface area contributed by atoms with Crippen LogP contribution in [0.3, 0.4) is 0 Å². The van der Waals surface area contributed by atoms with Gasteiger partial charge in [0.05, 0.1) is 13.7 Å². The summed E-state index contributed by atoms with van der Waals surface area (Å²) in [6, 6.07) is 22.9. The number of hydrazine groups is 1. The van der Waals surface area contributed by atoms with Crippen molar-refractivity contribution in [3.8, 4) is 11.5 Å². The molecule has 1 heterocycles. The molecule has 8 nitrogen and oxygen atoms in total. The molecule has 0 radical (unpaired) electrons. The third-order valence-electron chi connectivity index (χ3n) is 7.02. The van der Waals surface area contributed by atoms with E-state index in [0.29, 0.717) is 43.4 Å². The third-order valence-corrected chi connectivity index (χ3v) is 7.54. The maximum absolute atomic E-state index is 14.2. The van der Waals surface area contributed by atoms with Crippen LogP contribution in [0.5, 0.6) is 11.5 Å². The minimum Gasteiger partial charge on any atom is -0.497 e. The van der Waals surface area contributed by atoms with Crippen molar-refractivity contribution in [2.75, 3.05) is 26.9 Å². The second kappa shape index (κ2) is 14.2. The summed E-state index contributed by atoms with van der Waals surface area (Å²) in [4.78, 5) is 19.3. The summed E-state index contributed by atoms with van der Waals surface area (Å²) < 4.78 is 18.7. The number of carbonyl (C=O) groups is 1. The average molecular weight is 639 g/mol. The lowest BCUT2D eigenvalue weighted by Crippen LogP contribution is -2.54. The molecule has 0 aromatic heterocycles. The van der Waals surface area contributed by atoms with Crippen molar-refractivity contribution in [3.63, 3.8) is 0 Å². The molecule has 0 saturated carbocycles. The van der Waals surface area contributed by atoms with Gasteiger partial charge in [-0.25, -0.2) is 10.4 Å². The van der Waals surface area contributed by atoms with Gasteiger partial charge in [-0.1, -0.05) is 61.0 Å². The van der Waals surface area contributed by atoms with Crippen LogP contribution in [0.1, 0.15) is 56.4 Å². The molecule has 42 heavy (non-hydrogen) atoms. The Morgan fingerprint density at radius 2 is 1.81 bits per heavy atom. The minimum atomic E-state index is -1.32. The van der Waals surface area contributed by atoms with E-state index in [9.17, 15) is 4.79 Å². The van der Waals surface area contributed by atoms with Crippen LogP contribution in [0, 0.1) is 5.41 Å². The Hall–Kier alpha value is -3.40. The number of rotatable bonds is 13. The first kappa shape index (κ1) is 31.5. The highest BCUT2D eigenvalue weighted by Gasteiger charge is 2.53.